The van der Waals surface area contributed by atoms with Crippen LogP contribution in [0.5, 0.6) is 0 Å². The second-order valence-corrected chi connectivity index (χ2v) is 29.9. The Balaban J connectivity index is 5.36. The third kappa shape index (κ3) is 72.8. The third-order valence-electron chi connectivity index (χ3n) is 17.2. The van der Waals surface area contributed by atoms with Crippen LogP contribution in [0.15, 0.2) is 72.9 Å². The second kappa shape index (κ2) is 73.8. The Kier molecular flexibility index (Phi) is 71.2. The molecule has 0 amide bonds. The van der Waals surface area contributed by atoms with E-state index in [0.29, 0.717) is 25.7 Å². The molecule has 0 aromatic heterocycles. The summed E-state index contributed by atoms with van der Waals surface area (Å²) in [7, 11) is -9.95. The number of aliphatic hydroxyl groups excluding tert-OH is 1. The van der Waals surface area contributed by atoms with Crippen molar-refractivity contribution in [1.29, 1.82) is 0 Å². The van der Waals surface area contributed by atoms with Gasteiger partial charge >= 0.3 is 39.5 Å². The van der Waals surface area contributed by atoms with Gasteiger partial charge in [-0.25, -0.2) is 9.13 Å². The summed E-state index contributed by atoms with van der Waals surface area (Å²) in [5.41, 5.74) is 0. The number of allylic oxidation sites excluding steroid dienone is 12. The standard InChI is InChI=1S/C81H146O17P2/c1-5-9-13-17-21-25-29-33-37-41-45-49-53-57-61-65-78(83)91-71-76(97-80(85)67-63-59-55-51-47-43-39-35-31-27-23-19-15-11-7-3)73-95-99(87,88)93-69-75(82)70-94-100(89,90)96-74-77(98-81(86)68-64-60-56-52-48-44-40-36-32-28-24-20-16-12-8-4)72-92-79(84)66-62-58-54-50-46-42-38-34-30-26-22-18-14-10-6-2/h9,13,21,23,25,27,33-35,37-39,75-77,82H,5-8,10-12,14-20,22,24,26,28-32,36,40-74H2,1-4H3,(H,87,88)(H,89,90)/b13-9-,25-21-,27-23-,37-33-,38-34-,39-35-. The second-order valence-electron chi connectivity index (χ2n) is 27.0. The van der Waals surface area contributed by atoms with Crippen LogP contribution in [-0.4, -0.2) is 96.7 Å². The summed E-state index contributed by atoms with van der Waals surface area (Å²) in [6, 6.07) is 0. The van der Waals surface area contributed by atoms with Crippen molar-refractivity contribution in [2.24, 2.45) is 0 Å². The number of aliphatic hydroxyl groups is 1. The van der Waals surface area contributed by atoms with E-state index in [0.717, 1.165) is 161 Å². The van der Waals surface area contributed by atoms with Gasteiger partial charge in [-0.2, -0.15) is 0 Å². The Morgan fingerprint density at radius 2 is 0.520 bits per heavy atom. The molecule has 0 saturated heterocycles. The summed E-state index contributed by atoms with van der Waals surface area (Å²) in [6.07, 6.45) is 74.4. The molecule has 0 aliphatic carbocycles. The van der Waals surface area contributed by atoms with Gasteiger partial charge in [-0.05, 0) is 116 Å². The normalized spacial score (nSPS) is 14.3. The highest BCUT2D eigenvalue weighted by Crippen LogP contribution is 2.45. The maximum atomic E-state index is 13.1. The largest absolute Gasteiger partial charge is 0.472 e. The number of carbonyl (C=O) groups is 4. The molecule has 0 aliphatic heterocycles. The molecule has 17 nitrogen and oxygen atoms in total. The van der Waals surface area contributed by atoms with Crippen LogP contribution in [0.3, 0.4) is 0 Å². The fourth-order valence-electron chi connectivity index (χ4n) is 11.0. The maximum Gasteiger partial charge on any atom is 0.472 e. The van der Waals surface area contributed by atoms with Gasteiger partial charge in [0, 0.05) is 25.7 Å². The molecular formula is C81H146O17P2. The fourth-order valence-corrected chi connectivity index (χ4v) is 12.6. The van der Waals surface area contributed by atoms with Crippen molar-refractivity contribution in [3.8, 4) is 0 Å². The fraction of sp³-hybridized carbons (Fsp3) is 0.802. The SMILES string of the molecule is CC/C=C\C/C=C\C/C=C\CCCCCCCC(=O)OCC(COP(=O)(O)OCC(O)COP(=O)(O)OCC(COC(=O)CCCCCCC/C=C\CCCCCCCC)OC(=O)CCCCCCCCCCCCCCCCC)OC(=O)CCCCCCC/C=C\C/C=C\CCCCC. The van der Waals surface area contributed by atoms with Crippen molar-refractivity contribution < 1.29 is 80.2 Å². The number of hydrogen-bond acceptors (Lipinski definition) is 15. The van der Waals surface area contributed by atoms with Crippen LogP contribution in [0.4, 0.5) is 0 Å². The highest BCUT2D eigenvalue weighted by Gasteiger charge is 2.30. The highest BCUT2D eigenvalue weighted by atomic mass is 31.2. The number of rotatable bonds is 76. The summed E-state index contributed by atoms with van der Waals surface area (Å²) in [4.78, 5) is 73.0. The minimum atomic E-state index is -4.98. The van der Waals surface area contributed by atoms with Crippen molar-refractivity contribution in [1.82, 2.24) is 0 Å². The average molecular weight is 1450 g/mol. The smallest absolute Gasteiger partial charge is 0.462 e. The molecule has 0 fully saturated rings. The number of esters is 4. The van der Waals surface area contributed by atoms with Crippen LogP contribution < -0.4 is 0 Å². The number of phosphoric ester groups is 2. The molecule has 582 valence electrons. The molecule has 19 heteroatoms. The van der Waals surface area contributed by atoms with Crippen molar-refractivity contribution in [2.45, 2.75) is 380 Å². The summed E-state index contributed by atoms with van der Waals surface area (Å²) in [5.74, 6) is -2.19. The Morgan fingerprint density at radius 3 is 0.830 bits per heavy atom. The molecule has 100 heavy (non-hydrogen) atoms. The lowest BCUT2D eigenvalue weighted by Gasteiger charge is -2.21. The quantitative estimate of drug-likeness (QED) is 0.0169. The minimum Gasteiger partial charge on any atom is -0.462 e. The number of ether oxygens (including phenoxy) is 4. The molecule has 0 bridgehead atoms. The van der Waals surface area contributed by atoms with E-state index in [1.807, 2.05) is 0 Å². The van der Waals surface area contributed by atoms with Gasteiger partial charge in [0.05, 0.1) is 26.4 Å². The molecule has 0 aromatic rings. The molecule has 0 rings (SSSR count). The summed E-state index contributed by atoms with van der Waals surface area (Å²) >= 11 is 0. The van der Waals surface area contributed by atoms with E-state index in [1.165, 1.54) is 122 Å². The first-order chi connectivity index (χ1) is 48.7. The van der Waals surface area contributed by atoms with Gasteiger partial charge in [-0.15, -0.1) is 0 Å². The van der Waals surface area contributed by atoms with Crippen LogP contribution in [0, 0.1) is 0 Å². The zero-order chi connectivity index (χ0) is 73.2. The number of hydrogen-bond donors (Lipinski definition) is 3. The van der Waals surface area contributed by atoms with E-state index in [4.69, 9.17) is 37.0 Å². The van der Waals surface area contributed by atoms with E-state index in [1.54, 1.807) is 0 Å². The lowest BCUT2D eigenvalue weighted by Crippen LogP contribution is -2.30. The van der Waals surface area contributed by atoms with Crippen molar-refractivity contribution in [2.75, 3.05) is 39.6 Å². The van der Waals surface area contributed by atoms with Gasteiger partial charge in [-0.3, -0.25) is 37.3 Å². The Morgan fingerprint density at radius 1 is 0.290 bits per heavy atom. The zero-order valence-electron chi connectivity index (χ0n) is 63.6. The van der Waals surface area contributed by atoms with E-state index in [9.17, 15) is 43.2 Å². The average Bonchev–Trinajstić information content (AvgIpc) is 1.01. The van der Waals surface area contributed by atoms with E-state index in [-0.39, 0.29) is 25.7 Å². The summed E-state index contributed by atoms with van der Waals surface area (Å²) < 4.78 is 68.6. The number of carbonyl (C=O) groups excluding carboxylic acids is 4. The number of phosphoric acid groups is 2. The molecule has 0 radical (unpaired) electrons. The van der Waals surface area contributed by atoms with E-state index in [2.05, 4.69) is 101 Å². The van der Waals surface area contributed by atoms with Crippen molar-refractivity contribution in [3.05, 3.63) is 72.9 Å². The van der Waals surface area contributed by atoms with Crippen LogP contribution in [-0.2, 0) is 65.4 Å². The molecule has 0 saturated carbocycles. The van der Waals surface area contributed by atoms with Crippen LogP contribution in [0.2, 0.25) is 0 Å². The van der Waals surface area contributed by atoms with E-state index < -0.39 is 97.5 Å². The Labute approximate surface area is 609 Å². The molecule has 0 heterocycles. The first-order valence-corrected chi connectivity index (χ1v) is 43.2. The first-order valence-electron chi connectivity index (χ1n) is 40.2. The van der Waals surface area contributed by atoms with E-state index >= 15 is 0 Å². The lowest BCUT2D eigenvalue weighted by molar-refractivity contribution is -0.161. The molecular weight excluding hydrogens is 1310 g/mol. The summed E-state index contributed by atoms with van der Waals surface area (Å²) in [5, 5.41) is 10.6. The topological polar surface area (TPSA) is 237 Å². The molecule has 5 atom stereocenters. The van der Waals surface area contributed by atoms with Crippen LogP contribution >= 0.6 is 15.6 Å². The molecule has 0 aliphatic rings. The molecule has 5 unspecified atom stereocenters. The Hall–Kier alpha value is -3.50. The van der Waals surface area contributed by atoms with Crippen molar-refractivity contribution >= 4 is 39.5 Å². The van der Waals surface area contributed by atoms with Gasteiger partial charge in [0.2, 0.25) is 0 Å². The molecule has 0 aromatic carbocycles. The third-order valence-corrected chi connectivity index (χ3v) is 19.1. The summed E-state index contributed by atoms with van der Waals surface area (Å²) in [6.45, 7) is 4.76. The van der Waals surface area contributed by atoms with Gasteiger partial charge in [-0.1, -0.05) is 293 Å². The maximum absolute atomic E-state index is 13.1. The van der Waals surface area contributed by atoms with Crippen LogP contribution in [0.1, 0.15) is 362 Å². The molecule has 0 spiro atoms. The monoisotopic (exact) mass is 1450 g/mol. The van der Waals surface area contributed by atoms with Gasteiger partial charge in [0.25, 0.3) is 0 Å². The minimum absolute atomic E-state index is 0.0771. The van der Waals surface area contributed by atoms with Gasteiger partial charge in [0.15, 0.2) is 12.2 Å². The predicted molar refractivity (Wildman–Crippen MR) is 409 cm³/mol. The van der Waals surface area contributed by atoms with Gasteiger partial charge < -0.3 is 33.8 Å². The first kappa shape index (κ1) is 96.5. The number of unbranched alkanes of at least 4 members (excludes halogenated alkanes) is 38. The highest BCUT2D eigenvalue weighted by molar-refractivity contribution is 7.47. The lowest BCUT2D eigenvalue weighted by atomic mass is 10.0. The Bertz CT molecular complexity index is 2180. The van der Waals surface area contributed by atoms with Crippen molar-refractivity contribution in [3.63, 3.8) is 0 Å². The molecule has 3 N–H and O–H groups in total. The zero-order valence-corrected chi connectivity index (χ0v) is 65.4. The van der Waals surface area contributed by atoms with Crippen LogP contribution in [0.25, 0.3) is 0 Å². The predicted octanol–water partition coefficient (Wildman–Crippen LogP) is 23.2. The van der Waals surface area contributed by atoms with Gasteiger partial charge in [0.1, 0.15) is 19.3 Å².